The topological polar surface area (TPSA) is 20.2 Å². The van der Waals surface area contributed by atoms with E-state index in [1.165, 1.54) is 0 Å². The highest BCUT2D eigenvalue weighted by molar-refractivity contribution is 4.80. The standard InChI is InChI=1S/C8H15O/c1-3-4-5-6-7-8(2)9/h4-5,8-9H,2-3,6-7H2,1H3/b5-4+. The van der Waals surface area contributed by atoms with Gasteiger partial charge in [0.1, 0.15) is 0 Å². The molecule has 0 aromatic rings. The number of aliphatic hydroxyl groups is 1. The molecule has 53 valence electrons. The molecular weight excluding hydrogens is 112 g/mol. The lowest BCUT2D eigenvalue weighted by molar-refractivity contribution is 0.211. The van der Waals surface area contributed by atoms with Gasteiger partial charge >= 0.3 is 0 Å². The fourth-order valence-corrected chi connectivity index (χ4v) is 0.573. The van der Waals surface area contributed by atoms with E-state index in [0.717, 1.165) is 19.3 Å². The predicted molar refractivity (Wildman–Crippen MR) is 40.0 cm³/mol. The predicted octanol–water partition coefficient (Wildman–Crippen LogP) is 1.93. The van der Waals surface area contributed by atoms with Crippen LogP contribution in [0.4, 0.5) is 0 Å². The monoisotopic (exact) mass is 127 g/mol. The largest absolute Gasteiger partial charge is 0.393 e. The van der Waals surface area contributed by atoms with Crippen LogP contribution in [0.1, 0.15) is 26.2 Å². The Morgan fingerprint density at radius 3 is 2.67 bits per heavy atom. The molecule has 0 spiro atoms. The van der Waals surface area contributed by atoms with Gasteiger partial charge in [0, 0.05) is 0 Å². The summed E-state index contributed by atoms with van der Waals surface area (Å²) in [5.41, 5.74) is 0. The SMILES string of the molecule is [CH2]C(O)CC/C=C/CC. The van der Waals surface area contributed by atoms with Gasteiger partial charge in [0.15, 0.2) is 0 Å². The van der Waals surface area contributed by atoms with E-state index in [1.807, 2.05) is 0 Å². The minimum Gasteiger partial charge on any atom is -0.393 e. The zero-order chi connectivity index (χ0) is 7.11. The average Bonchev–Trinajstić information content (AvgIpc) is 1.80. The van der Waals surface area contributed by atoms with Crippen LogP contribution in [-0.2, 0) is 0 Å². The molecule has 0 aliphatic heterocycles. The van der Waals surface area contributed by atoms with Crippen LogP contribution >= 0.6 is 0 Å². The van der Waals surface area contributed by atoms with E-state index < -0.39 is 6.10 Å². The van der Waals surface area contributed by atoms with Crippen LogP contribution < -0.4 is 0 Å². The Labute approximate surface area is 57.4 Å². The second-order valence-electron chi connectivity index (χ2n) is 2.11. The summed E-state index contributed by atoms with van der Waals surface area (Å²) in [5.74, 6) is 0. The van der Waals surface area contributed by atoms with Crippen LogP contribution in [-0.4, -0.2) is 11.2 Å². The van der Waals surface area contributed by atoms with Crippen LogP contribution in [0.2, 0.25) is 0 Å². The quantitative estimate of drug-likeness (QED) is 0.572. The molecule has 0 saturated carbocycles. The van der Waals surface area contributed by atoms with Crippen LogP contribution in [0.5, 0.6) is 0 Å². The van der Waals surface area contributed by atoms with E-state index in [4.69, 9.17) is 5.11 Å². The van der Waals surface area contributed by atoms with Crippen LogP contribution in [0, 0.1) is 6.92 Å². The molecule has 0 amide bonds. The summed E-state index contributed by atoms with van der Waals surface area (Å²) in [4.78, 5) is 0. The number of hydrogen-bond acceptors (Lipinski definition) is 1. The normalized spacial score (nSPS) is 14.6. The molecule has 0 bridgehead atoms. The Morgan fingerprint density at radius 2 is 2.22 bits per heavy atom. The highest BCUT2D eigenvalue weighted by atomic mass is 16.3. The Balaban J connectivity index is 2.99. The molecule has 1 N–H and O–H groups in total. The van der Waals surface area contributed by atoms with E-state index >= 15 is 0 Å². The lowest BCUT2D eigenvalue weighted by atomic mass is 10.2. The van der Waals surface area contributed by atoms with Crippen molar-refractivity contribution in [2.24, 2.45) is 0 Å². The number of hydrogen-bond donors (Lipinski definition) is 1. The van der Waals surface area contributed by atoms with E-state index in [9.17, 15) is 0 Å². The number of allylic oxidation sites excluding steroid dienone is 2. The third-order valence-electron chi connectivity index (χ3n) is 1.07. The number of aliphatic hydroxyl groups excluding tert-OH is 1. The second-order valence-corrected chi connectivity index (χ2v) is 2.11. The van der Waals surface area contributed by atoms with E-state index in [2.05, 4.69) is 26.0 Å². The van der Waals surface area contributed by atoms with Gasteiger partial charge in [-0.25, -0.2) is 0 Å². The zero-order valence-electron chi connectivity index (χ0n) is 6.01. The Hall–Kier alpha value is -0.300. The molecule has 1 heteroatoms. The van der Waals surface area contributed by atoms with Crippen molar-refractivity contribution in [1.29, 1.82) is 0 Å². The molecule has 9 heavy (non-hydrogen) atoms. The van der Waals surface area contributed by atoms with Crippen molar-refractivity contribution in [3.63, 3.8) is 0 Å². The smallest absolute Gasteiger partial charge is 0.0544 e. The molecule has 0 saturated heterocycles. The zero-order valence-corrected chi connectivity index (χ0v) is 6.01. The van der Waals surface area contributed by atoms with Crippen molar-refractivity contribution in [3.8, 4) is 0 Å². The molecule has 0 aromatic heterocycles. The van der Waals surface area contributed by atoms with Crippen molar-refractivity contribution in [3.05, 3.63) is 19.1 Å². The van der Waals surface area contributed by atoms with Gasteiger partial charge in [0.2, 0.25) is 0 Å². The molecule has 1 atom stereocenters. The molecule has 1 unspecified atom stereocenters. The minimum atomic E-state index is -0.397. The summed E-state index contributed by atoms with van der Waals surface area (Å²) in [5, 5.41) is 8.71. The molecule has 0 rings (SSSR count). The summed E-state index contributed by atoms with van der Waals surface area (Å²) in [7, 11) is 0. The van der Waals surface area contributed by atoms with Crippen molar-refractivity contribution in [1.82, 2.24) is 0 Å². The lowest BCUT2D eigenvalue weighted by Gasteiger charge is -1.97. The molecule has 0 heterocycles. The molecule has 0 aromatic carbocycles. The maximum atomic E-state index is 8.71. The third-order valence-corrected chi connectivity index (χ3v) is 1.07. The van der Waals surface area contributed by atoms with Crippen LogP contribution in [0.3, 0.4) is 0 Å². The maximum absolute atomic E-state index is 8.71. The van der Waals surface area contributed by atoms with Crippen molar-refractivity contribution in [2.45, 2.75) is 32.3 Å². The molecule has 1 nitrogen and oxygen atoms in total. The van der Waals surface area contributed by atoms with Gasteiger partial charge in [-0.05, 0) is 26.2 Å². The van der Waals surface area contributed by atoms with E-state index in [-0.39, 0.29) is 0 Å². The van der Waals surface area contributed by atoms with Gasteiger partial charge in [-0.2, -0.15) is 0 Å². The van der Waals surface area contributed by atoms with Crippen molar-refractivity contribution >= 4 is 0 Å². The lowest BCUT2D eigenvalue weighted by Crippen LogP contribution is -1.97. The molecule has 1 radical (unpaired) electrons. The van der Waals surface area contributed by atoms with Gasteiger partial charge in [0.05, 0.1) is 6.10 Å². The van der Waals surface area contributed by atoms with Gasteiger partial charge in [-0.15, -0.1) is 0 Å². The first-order valence-electron chi connectivity index (χ1n) is 3.43. The fraction of sp³-hybridized carbons (Fsp3) is 0.625. The molecule has 0 aliphatic rings. The maximum Gasteiger partial charge on any atom is 0.0544 e. The summed E-state index contributed by atoms with van der Waals surface area (Å²) in [6.45, 7) is 5.55. The number of rotatable bonds is 4. The average molecular weight is 127 g/mol. The van der Waals surface area contributed by atoms with Gasteiger partial charge in [0.25, 0.3) is 0 Å². The molecule has 0 fully saturated rings. The van der Waals surface area contributed by atoms with Crippen molar-refractivity contribution < 1.29 is 5.11 Å². The van der Waals surface area contributed by atoms with E-state index in [0.29, 0.717) is 0 Å². The highest BCUT2D eigenvalue weighted by Gasteiger charge is 1.89. The Kier molecular flexibility index (Phi) is 5.64. The van der Waals surface area contributed by atoms with Gasteiger partial charge < -0.3 is 5.11 Å². The first kappa shape index (κ1) is 8.70. The summed E-state index contributed by atoms with van der Waals surface area (Å²) >= 11 is 0. The van der Waals surface area contributed by atoms with Crippen LogP contribution in [0.15, 0.2) is 12.2 Å². The minimum absolute atomic E-state index is 0.397. The Bertz CT molecular complexity index is 74.6. The first-order chi connectivity index (χ1) is 4.27. The van der Waals surface area contributed by atoms with E-state index in [1.54, 1.807) is 0 Å². The summed E-state index contributed by atoms with van der Waals surface area (Å²) in [6, 6.07) is 0. The first-order valence-corrected chi connectivity index (χ1v) is 3.43. The molecular formula is C8H15O. The van der Waals surface area contributed by atoms with Gasteiger partial charge in [-0.1, -0.05) is 19.1 Å². The third kappa shape index (κ3) is 7.70. The fourth-order valence-electron chi connectivity index (χ4n) is 0.573. The van der Waals surface area contributed by atoms with Gasteiger partial charge in [-0.3, -0.25) is 0 Å². The van der Waals surface area contributed by atoms with Crippen molar-refractivity contribution in [2.75, 3.05) is 0 Å². The molecule has 0 aliphatic carbocycles. The summed E-state index contributed by atoms with van der Waals surface area (Å²) in [6.07, 6.45) is 6.57. The van der Waals surface area contributed by atoms with Crippen LogP contribution in [0.25, 0.3) is 0 Å². The summed E-state index contributed by atoms with van der Waals surface area (Å²) < 4.78 is 0. The highest BCUT2D eigenvalue weighted by Crippen LogP contribution is 1.96. The Morgan fingerprint density at radius 1 is 1.56 bits per heavy atom. The second kappa shape index (κ2) is 5.83.